The van der Waals surface area contributed by atoms with Crippen molar-refractivity contribution in [2.45, 2.75) is 37.5 Å². The molecular formula is C13H20N2O2S. The SMILES string of the molecule is Cc1ccccc1C(NN)C1CCCCS1(=O)=O. The van der Waals surface area contributed by atoms with Gasteiger partial charge < -0.3 is 0 Å². The van der Waals surface area contributed by atoms with E-state index in [4.69, 9.17) is 5.84 Å². The molecule has 100 valence electrons. The van der Waals surface area contributed by atoms with Crippen LogP contribution in [0.15, 0.2) is 24.3 Å². The maximum absolute atomic E-state index is 12.2. The Morgan fingerprint density at radius 1 is 1.33 bits per heavy atom. The molecule has 18 heavy (non-hydrogen) atoms. The van der Waals surface area contributed by atoms with Crippen LogP contribution in [0.3, 0.4) is 0 Å². The van der Waals surface area contributed by atoms with Crippen molar-refractivity contribution >= 4 is 9.84 Å². The predicted molar refractivity (Wildman–Crippen MR) is 72.7 cm³/mol. The van der Waals surface area contributed by atoms with Crippen molar-refractivity contribution in [3.05, 3.63) is 35.4 Å². The molecular weight excluding hydrogens is 248 g/mol. The molecule has 1 fully saturated rings. The lowest BCUT2D eigenvalue weighted by Crippen LogP contribution is -2.43. The molecule has 1 aromatic rings. The van der Waals surface area contributed by atoms with Gasteiger partial charge in [0.05, 0.1) is 17.0 Å². The van der Waals surface area contributed by atoms with Crippen LogP contribution in [0.25, 0.3) is 0 Å². The van der Waals surface area contributed by atoms with Gasteiger partial charge in [-0.1, -0.05) is 30.7 Å². The molecule has 1 aromatic carbocycles. The summed E-state index contributed by atoms with van der Waals surface area (Å²) in [5.74, 6) is 5.89. The van der Waals surface area contributed by atoms with E-state index in [1.54, 1.807) is 0 Å². The number of sulfone groups is 1. The first-order valence-electron chi connectivity index (χ1n) is 6.29. The van der Waals surface area contributed by atoms with Crippen LogP contribution in [-0.4, -0.2) is 19.4 Å². The Morgan fingerprint density at radius 3 is 2.67 bits per heavy atom. The lowest BCUT2D eigenvalue weighted by atomic mass is 9.96. The fourth-order valence-electron chi connectivity index (χ4n) is 2.69. The molecule has 0 aromatic heterocycles. The molecule has 1 heterocycles. The quantitative estimate of drug-likeness (QED) is 0.643. The molecule has 1 aliphatic rings. The van der Waals surface area contributed by atoms with E-state index in [2.05, 4.69) is 5.43 Å². The Morgan fingerprint density at radius 2 is 2.06 bits per heavy atom. The maximum Gasteiger partial charge on any atom is 0.155 e. The summed E-state index contributed by atoms with van der Waals surface area (Å²) in [7, 11) is -3.04. The molecule has 0 bridgehead atoms. The zero-order valence-corrected chi connectivity index (χ0v) is 11.4. The van der Waals surface area contributed by atoms with Crippen molar-refractivity contribution < 1.29 is 8.42 Å². The third-order valence-corrected chi connectivity index (χ3v) is 5.99. The average molecular weight is 268 g/mol. The monoisotopic (exact) mass is 268 g/mol. The summed E-state index contributed by atoms with van der Waals surface area (Å²) >= 11 is 0. The van der Waals surface area contributed by atoms with Crippen LogP contribution in [-0.2, 0) is 9.84 Å². The molecule has 1 aliphatic heterocycles. The smallest absolute Gasteiger partial charge is 0.155 e. The number of benzene rings is 1. The molecule has 2 atom stereocenters. The lowest BCUT2D eigenvalue weighted by Gasteiger charge is -2.30. The van der Waals surface area contributed by atoms with Crippen LogP contribution in [0.5, 0.6) is 0 Å². The summed E-state index contributed by atoms with van der Waals surface area (Å²) in [5, 5.41) is -0.405. The highest BCUT2D eigenvalue weighted by Crippen LogP contribution is 2.31. The number of nitrogens with two attached hydrogens (primary N) is 1. The molecule has 5 heteroatoms. The van der Waals surface area contributed by atoms with Crippen molar-refractivity contribution in [2.75, 3.05) is 5.75 Å². The highest BCUT2D eigenvalue weighted by Gasteiger charge is 2.36. The first-order valence-corrected chi connectivity index (χ1v) is 8.01. The number of hydrogen-bond acceptors (Lipinski definition) is 4. The highest BCUT2D eigenvalue weighted by atomic mass is 32.2. The molecule has 3 N–H and O–H groups in total. The molecule has 0 radical (unpaired) electrons. The normalized spacial score (nSPS) is 24.7. The second-order valence-corrected chi connectivity index (χ2v) is 7.24. The van der Waals surface area contributed by atoms with E-state index in [1.807, 2.05) is 31.2 Å². The third kappa shape index (κ3) is 2.58. The largest absolute Gasteiger partial charge is 0.271 e. The van der Waals surface area contributed by atoms with Crippen molar-refractivity contribution in [1.29, 1.82) is 0 Å². The zero-order chi connectivity index (χ0) is 13.2. The van der Waals surface area contributed by atoms with Crippen LogP contribution in [0.2, 0.25) is 0 Å². The van der Waals surface area contributed by atoms with E-state index in [-0.39, 0.29) is 11.8 Å². The van der Waals surface area contributed by atoms with Crippen molar-refractivity contribution in [3.63, 3.8) is 0 Å². The van der Waals surface area contributed by atoms with Gasteiger partial charge in [-0.05, 0) is 30.9 Å². The van der Waals surface area contributed by atoms with Crippen LogP contribution in [0.1, 0.15) is 36.4 Å². The van der Waals surface area contributed by atoms with E-state index >= 15 is 0 Å². The van der Waals surface area contributed by atoms with Crippen LogP contribution >= 0.6 is 0 Å². The van der Waals surface area contributed by atoms with Gasteiger partial charge >= 0.3 is 0 Å². The number of rotatable bonds is 3. The van der Waals surface area contributed by atoms with Gasteiger partial charge in [-0.15, -0.1) is 0 Å². The van der Waals surface area contributed by atoms with Gasteiger partial charge in [0.15, 0.2) is 9.84 Å². The molecule has 0 spiro atoms. The Balaban J connectivity index is 2.37. The second kappa shape index (κ2) is 5.38. The molecule has 1 saturated heterocycles. The molecule has 0 amide bonds. The van der Waals surface area contributed by atoms with Crippen molar-refractivity contribution in [2.24, 2.45) is 5.84 Å². The Hall–Kier alpha value is -0.910. The van der Waals surface area contributed by atoms with E-state index in [1.165, 1.54) is 0 Å². The summed E-state index contributed by atoms with van der Waals surface area (Å²) in [6.07, 6.45) is 2.41. The van der Waals surface area contributed by atoms with Crippen LogP contribution < -0.4 is 11.3 Å². The van der Waals surface area contributed by atoms with Gasteiger partial charge in [0.1, 0.15) is 0 Å². The topological polar surface area (TPSA) is 72.2 Å². The second-order valence-electron chi connectivity index (χ2n) is 4.90. The van der Waals surface area contributed by atoms with Crippen molar-refractivity contribution in [3.8, 4) is 0 Å². The Kier molecular flexibility index (Phi) is 4.04. The maximum atomic E-state index is 12.2. The number of hydrogen-bond donors (Lipinski definition) is 2. The average Bonchev–Trinajstić information content (AvgIpc) is 2.34. The molecule has 2 unspecified atom stereocenters. The van der Waals surface area contributed by atoms with Crippen molar-refractivity contribution in [1.82, 2.24) is 5.43 Å². The fourth-order valence-corrected chi connectivity index (χ4v) is 4.76. The molecule has 0 aliphatic carbocycles. The van der Waals surface area contributed by atoms with E-state index in [9.17, 15) is 8.42 Å². The van der Waals surface area contributed by atoms with Gasteiger partial charge in [-0.25, -0.2) is 8.42 Å². The van der Waals surface area contributed by atoms with Gasteiger partial charge in [0.25, 0.3) is 0 Å². The number of hydrazine groups is 1. The van der Waals surface area contributed by atoms with Gasteiger partial charge in [0, 0.05) is 0 Å². The summed E-state index contributed by atoms with van der Waals surface area (Å²) in [5.41, 5.74) is 4.76. The van der Waals surface area contributed by atoms with E-state index < -0.39 is 15.1 Å². The highest BCUT2D eigenvalue weighted by molar-refractivity contribution is 7.92. The van der Waals surface area contributed by atoms with Gasteiger partial charge in [-0.3, -0.25) is 11.3 Å². The Labute approximate surface area is 108 Å². The summed E-state index contributed by atoms with van der Waals surface area (Å²) < 4.78 is 24.3. The van der Waals surface area contributed by atoms with Gasteiger partial charge in [-0.2, -0.15) is 0 Å². The van der Waals surface area contributed by atoms with Crippen LogP contribution in [0.4, 0.5) is 0 Å². The van der Waals surface area contributed by atoms with E-state index in [0.717, 1.165) is 24.0 Å². The summed E-state index contributed by atoms with van der Waals surface area (Å²) in [6, 6.07) is 7.49. The third-order valence-electron chi connectivity index (χ3n) is 3.70. The number of nitrogens with one attached hydrogen (secondary N) is 1. The van der Waals surface area contributed by atoms with Crippen LogP contribution in [0, 0.1) is 6.92 Å². The molecule has 2 rings (SSSR count). The van der Waals surface area contributed by atoms with E-state index in [0.29, 0.717) is 6.42 Å². The Bertz CT molecular complexity index is 513. The molecule has 0 saturated carbocycles. The summed E-state index contributed by atoms with van der Waals surface area (Å²) in [6.45, 7) is 1.98. The first kappa shape index (κ1) is 13.5. The first-order chi connectivity index (χ1) is 8.56. The fraction of sp³-hybridized carbons (Fsp3) is 0.538. The number of aryl methyl sites for hydroxylation is 1. The zero-order valence-electron chi connectivity index (χ0n) is 10.6. The minimum absolute atomic E-state index is 0.279. The minimum Gasteiger partial charge on any atom is -0.271 e. The van der Waals surface area contributed by atoms with Gasteiger partial charge in [0.2, 0.25) is 0 Å². The minimum atomic E-state index is -3.04. The standard InChI is InChI=1S/C13H20N2O2S/c1-10-6-2-3-7-11(10)13(15-14)12-8-4-5-9-18(12,16)17/h2-3,6-7,12-13,15H,4-5,8-9,14H2,1H3. The predicted octanol–water partition coefficient (Wildman–Crippen LogP) is 1.47. The lowest BCUT2D eigenvalue weighted by molar-refractivity contribution is 0.452. The molecule has 4 nitrogen and oxygen atoms in total. The summed E-state index contributed by atoms with van der Waals surface area (Å²) in [4.78, 5) is 0.